The molecule has 0 fully saturated rings. The summed E-state index contributed by atoms with van der Waals surface area (Å²) in [7, 11) is 0. The summed E-state index contributed by atoms with van der Waals surface area (Å²) >= 11 is 7.88. The van der Waals surface area contributed by atoms with Crippen LogP contribution >= 0.6 is 22.9 Å². The molecule has 3 rings (SSSR count). The van der Waals surface area contributed by atoms with Crippen molar-refractivity contribution in [2.24, 2.45) is 0 Å². The second-order valence-corrected chi connectivity index (χ2v) is 4.92. The lowest BCUT2D eigenvalue weighted by atomic mass is 10.1. The first-order chi connectivity index (χ1) is 8.79. The molecule has 0 aliphatic heterocycles. The smallest absolute Gasteiger partial charge is 0.127 e. The molecule has 3 aromatic rings. The number of hydrogen-bond acceptors (Lipinski definition) is 3. The number of pyridine rings is 1. The van der Waals surface area contributed by atoms with Gasteiger partial charge in [0.25, 0.3) is 0 Å². The van der Waals surface area contributed by atoms with Gasteiger partial charge in [0, 0.05) is 22.5 Å². The highest BCUT2D eigenvalue weighted by Crippen LogP contribution is 2.34. The first-order valence-corrected chi connectivity index (χ1v) is 6.51. The van der Waals surface area contributed by atoms with Gasteiger partial charge in [-0.25, -0.2) is 4.98 Å². The number of thiazole rings is 1. The van der Waals surface area contributed by atoms with Crippen LogP contribution in [0.4, 0.5) is 0 Å². The quantitative estimate of drug-likeness (QED) is 0.625. The summed E-state index contributed by atoms with van der Waals surface area (Å²) in [5.41, 5.74) is 2.32. The molecular formula is C14H7ClN2S. The molecule has 0 bridgehead atoms. The van der Waals surface area contributed by atoms with E-state index in [-0.39, 0.29) is 0 Å². The van der Waals surface area contributed by atoms with Gasteiger partial charge < -0.3 is 0 Å². The highest BCUT2D eigenvalue weighted by Gasteiger charge is 2.11. The number of nitrogens with zero attached hydrogens (tertiary/aromatic N) is 2. The van der Waals surface area contributed by atoms with Crippen molar-refractivity contribution in [1.29, 1.82) is 0 Å². The molecule has 4 heteroatoms. The van der Waals surface area contributed by atoms with E-state index in [1.807, 2.05) is 29.6 Å². The van der Waals surface area contributed by atoms with Crippen molar-refractivity contribution in [2.75, 3.05) is 0 Å². The van der Waals surface area contributed by atoms with Crippen molar-refractivity contribution in [3.05, 3.63) is 46.6 Å². The fourth-order valence-electron chi connectivity index (χ4n) is 1.72. The monoisotopic (exact) mass is 270 g/mol. The zero-order valence-corrected chi connectivity index (χ0v) is 10.8. The maximum absolute atomic E-state index is 6.40. The number of rotatable bonds is 1. The fourth-order valence-corrected chi connectivity index (χ4v) is 2.85. The lowest BCUT2D eigenvalue weighted by molar-refractivity contribution is 1.34. The maximum Gasteiger partial charge on any atom is 0.127 e. The third-order valence-electron chi connectivity index (χ3n) is 2.59. The van der Waals surface area contributed by atoms with Gasteiger partial charge in [-0.15, -0.1) is 17.8 Å². The van der Waals surface area contributed by atoms with Crippen LogP contribution in [-0.2, 0) is 0 Å². The summed E-state index contributed by atoms with van der Waals surface area (Å²) in [4.78, 5) is 8.71. The van der Waals surface area contributed by atoms with Crippen molar-refractivity contribution < 1.29 is 0 Å². The van der Waals surface area contributed by atoms with Gasteiger partial charge in [-0.1, -0.05) is 29.8 Å². The zero-order valence-electron chi connectivity index (χ0n) is 9.22. The first kappa shape index (κ1) is 11.2. The molecule has 2 nitrogen and oxygen atoms in total. The highest BCUT2D eigenvalue weighted by atomic mass is 35.5. The summed E-state index contributed by atoms with van der Waals surface area (Å²) in [5.74, 6) is 2.51. The summed E-state index contributed by atoms with van der Waals surface area (Å²) in [6, 6.07) is 7.75. The van der Waals surface area contributed by atoms with Crippen LogP contribution in [0, 0.1) is 12.3 Å². The molecule has 0 unspecified atom stereocenters. The van der Waals surface area contributed by atoms with Crippen LogP contribution < -0.4 is 0 Å². The van der Waals surface area contributed by atoms with Gasteiger partial charge in [-0.05, 0) is 12.0 Å². The second kappa shape index (κ2) is 4.41. The minimum atomic E-state index is 0.624. The molecule has 0 radical (unpaired) electrons. The van der Waals surface area contributed by atoms with E-state index in [1.165, 1.54) is 11.3 Å². The minimum absolute atomic E-state index is 0.624. The first-order valence-electron chi connectivity index (χ1n) is 5.25. The van der Waals surface area contributed by atoms with Gasteiger partial charge >= 0.3 is 0 Å². The maximum atomic E-state index is 6.40. The van der Waals surface area contributed by atoms with Gasteiger partial charge in [-0.3, -0.25) is 4.98 Å². The number of aromatic nitrogens is 2. The normalized spacial score (nSPS) is 10.4. The molecule has 1 aromatic carbocycles. The van der Waals surface area contributed by atoms with Crippen LogP contribution in [0.5, 0.6) is 0 Å². The Morgan fingerprint density at radius 3 is 2.89 bits per heavy atom. The SMILES string of the molecule is C#Cc1csc(-c2cnc3ccccc3c2Cl)n1. The lowest BCUT2D eigenvalue weighted by Crippen LogP contribution is -1.85. The average molecular weight is 271 g/mol. The summed E-state index contributed by atoms with van der Waals surface area (Å²) in [6.45, 7) is 0. The van der Waals surface area contributed by atoms with Crippen molar-refractivity contribution >= 4 is 33.8 Å². The third kappa shape index (κ3) is 1.76. The average Bonchev–Trinajstić information content (AvgIpc) is 2.88. The molecule has 0 atom stereocenters. The lowest BCUT2D eigenvalue weighted by Gasteiger charge is -2.04. The number of para-hydroxylation sites is 1. The Morgan fingerprint density at radius 1 is 1.28 bits per heavy atom. The van der Waals surface area contributed by atoms with Crippen LogP contribution in [0.2, 0.25) is 5.02 Å². The molecular weight excluding hydrogens is 264 g/mol. The van der Waals surface area contributed by atoms with Crippen LogP contribution in [0.25, 0.3) is 21.5 Å². The molecule has 86 valence electrons. The van der Waals surface area contributed by atoms with Crippen LogP contribution in [0.1, 0.15) is 5.69 Å². The number of benzene rings is 1. The zero-order chi connectivity index (χ0) is 12.5. The molecule has 0 saturated heterocycles. The summed E-state index contributed by atoms with van der Waals surface area (Å²) < 4.78 is 0. The molecule has 0 spiro atoms. The Bertz CT molecular complexity index is 771. The number of hydrogen-bond donors (Lipinski definition) is 0. The Balaban J connectivity index is 2.24. The summed E-state index contributed by atoms with van der Waals surface area (Å²) in [6.07, 6.45) is 7.06. The number of fused-ring (bicyclic) bond motifs is 1. The Morgan fingerprint density at radius 2 is 2.11 bits per heavy atom. The Kier molecular flexibility index (Phi) is 2.75. The van der Waals surface area contributed by atoms with E-state index in [1.54, 1.807) is 6.20 Å². The number of terminal acetylenes is 1. The molecule has 18 heavy (non-hydrogen) atoms. The Labute approximate surface area is 113 Å². The van der Waals surface area contributed by atoms with Gasteiger partial charge in [-0.2, -0.15) is 0 Å². The van der Waals surface area contributed by atoms with Crippen LogP contribution in [0.3, 0.4) is 0 Å². The fraction of sp³-hybridized carbons (Fsp3) is 0. The van der Waals surface area contributed by atoms with E-state index in [0.717, 1.165) is 21.5 Å². The van der Waals surface area contributed by atoms with Crippen molar-refractivity contribution in [1.82, 2.24) is 9.97 Å². The predicted octanol–water partition coefficient (Wildman–Crippen LogP) is 3.99. The molecule has 0 N–H and O–H groups in total. The third-order valence-corrected chi connectivity index (χ3v) is 3.87. The van der Waals surface area contributed by atoms with E-state index < -0.39 is 0 Å². The summed E-state index contributed by atoms with van der Waals surface area (Å²) in [5, 5.41) is 4.22. The largest absolute Gasteiger partial charge is 0.255 e. The molecule has 0 amide bonds. The van der Waals surface area contributed by atoms with Crippen LogP contribution in [0.15, 0.2) is 35.8 Å². The molecule has 2 heterocycles. The van der Waals surface area contributed by atoms with Crippen molar-refractivity contribution in [2.45, 2.75) is 0 Å². The highest BCUT2D eigenvalue weighted by molar-refractivity contribution is 7.13. The van der Waals surface area contributed by atoms with Gasteiger partial charge in [0.2, 0.25) is 0 Å². The van der Waals surface area contributed by atoms with E-state index >= 15 is 0 Å². The van der Waals surface area contributed by atoms with Crippen molar-refractivity contribution in [3.63, 3.8) is 0 Å². The van der Waals surface area contributed by atoms with Gasteiger partial charge in [0.05, 0.1) is 10.5 Å². The Hall–Kier alpha value is -1.89. The predicted molar refractivity (Wildman–Crippen MR) is 75.8 cm³/mol. The second-order valence-electron chi connectivity index (χ2n) is 3.69. The topological polar surface area (TPSA) is 25.8 Å². The van der Waals surface area contributed by atoms with E-state index in [4.69, 9.17) is 18.0 Å². The van der Waals surface area contributed by atoms with Crippen LogP contribution in [-0.4, -0.2) is 9.97 Å². The standard InChI is InChI=1S/C14H7ClN2S/c1-2-9-8-18-14(17-9)11-7-16-12-6-4-3-5-10(12)13(11)15/h1,3-8H. The van der Waals surface area contributed by atoms with E-state index in [2.05, 4.69) is 15.9 Å². The van der Waals surface area contributed by atoms with Gasteiger partial charge in [0.15, 0.2) is 0 Å². The molecule has 0 aliphatic rings. The molecule has 2 aromatic heterocycles. The number of halogens is 1. The van der Waals surface area contributed by atoms with E-state index in [0.29, 0.717) is 10.7 Å². The van der Waals surface area contributed by atoms with E-state index in [9.17, 15) is 0 Å². The minimum Gasteiger partial charge on any atom is -0.255 e. The van der Waals surface area contributed by atoms with Crippen molar-refractivity contribution in [3.8, 4) is 22.9 Å². The molecule has 0 aliphatic carbocycles. The molecule has 0 saturated carbocycles. The van der Waals surface area contributed by atoms with Gasteiger partial charge in [0.1, 0.15) is 10.7 Å².